The molecule has 0 aromatic rings. The Kier molecular flexibility index (Phi) is 2.21. The van der Waals surface area contributed by atoms with Gasteiger partial charge in [-0.15, -0.1) is 0 Å². The third-order valence-electron chi connectivity index (χ3n) is 4.49. The first-order valence-electron chi connectivity index (χ1n) is 5.66. The van der Waals surface area contributed by atoms with E-state index in [-0.39, 0.29) is 0 Å². The molecule has 1 nitrogen and oxygen atoms in total. The fraction of sp³-hybridized carbons (Fsp3) is 0.917. The van der Waals surface area contributed by atoms with Crippen LogP contribution in [-0.4, -0.2) is 23.9 Å². The minimum absolute atomic E-state index is 0.394. The van der Waals surface area contributed by atoms with Crippen molar-refractivity contribution in [2.75, 3.05) is 7.05 Å². The van der Waals surface area contributed by atoms with Gasteiger partial charge in [-0.2, -0.15) is 0 Å². The quantitative estimate of drug-likeness (QED) is 0.431. The second kappa shape index (κ2) is 3.11. The molecule has 2 rings (SSSR count). The average Bonchev–Trinajstić information content (AvgIpc) is 2.50. The summed E-state index contributed by atoms with van der Waals surface area (Å²) in [5.41, 5.74) is 0.394. The lowest BCUT2D eigenvalue weighted by Gasteiger charge is -2.36. The van der Waals surface area contributed by atoms with Gasteiger partial charge in [-0.3, -0.25) is 0 Å². The molecule has 0 aliphatic heterocycles. The molecule has 0 spiro atoms. The van der Waals surface area contributed by atoms with Crippen LogP contribution in [0.25, 0.3) is 0 Å². The Morgan fingerprint density at radius 1 is 1.23 bits per heavy atom. The van der Waals surface area contributed by atoms with E-state index in [4.69, 9.17) is 0 Å². The summed E-state index contributed by atoms with van der Waals surface area (Å²) >= 11 is 0. The standard InChI is InChI=1S/C12H22N/c1-12(13(2)3)8-7-10-5-4-6-11(10)9-12/h10-11H,2,4-9H2,1,3H3/q+1. The van der Waals surface area contributed by atoms with Gasteiger partial charge < -0.3 is 0 Å². The second-order valence-electron chi connectivity index (χ2n) is 5.39. The second-order valence-corrected chi connectivity index (χ2v) is 5.39. The smallest absolute Gasteiger partial charge is 0.159 e. The molecule has 0 aromatic heterocycles. The van der Waals surface area contributed by atoms with E-state index in [1.165, 1.54) is 38.5 Å². The molecule has 0 saturated heterocycles. The molecule has 3 atom stereocenters. The third-order valence-corrected chi connectivity index (χ3v) is 4.49. The van der Waals surface area contributed by atoms with Crippen molar-refractivity contribution in [1.29, 1.82) is 0 Å². The van der Waals surface area contributed by atoms with E-state index in [0.29, 0.717) is 5.54 Å². The number of rotatable bonds is 1. The Hall–Kier alpha value is -0.330. The fourth-order valence-electron chi connectivity index (χ4n) is 3.27. The van der Waals surface area contributed by atoms with Crippen LogP contribution in [0.3, 0.4) is 0 Å². The molecule has 0 radical (unpaired) electrons. The van der Waals surface area contributed by atoms with Crippen LogP contribution in [-0.2, 0) is 0 Å². The molecule has 2 aliphatic rings. The predicted octanol–water partition coefficient (Wildman–Crippen LogP) is 2.69. The monoisotopic (exact) mass is 180 g/mol. The molecule has 1 heteroatoms. The van der Waals surface area contributed by atoms with Gasteiger partial charge in [0.1, 0.15) is 13.8 Å². The van der Waals surface area contributed by atoms with Gasteiger partial charge in [0, 0.05) is 19.8 Å². The van der Waals surface area contributed by atoms with Crippen molar-refractivity contribution in [3.8, 4) is 0 Å². The van der Waals surface area contributed by atoms with E-state index in [1.54, 1.807) is 0 Å². The molecule has 2 saturated carbocycles. The van der Waals surface area contributed by atoms with Gasteiger partial charge in [0.15, 0.2) is 5.54 Å². The van der Waals surface area contributed by atoms with E-state index < -0.39 is 0 Å². The van der Waals surface area contributed by atoms with Gasteiger partial charge in [-0.1, -0.05) is 12.8 Å². The largest absolute Gasteiger partial charge is 0.240 e. The van der Waals surface area contributed by atoms with Crippen molar-refractivity contribution in [2.24, 2.45) is 11.8 Å². The van der Waals surface area contributed by atoms with Gasteiger partial charge in [0.05, 0.1) is 0 Å². The third kappa shape index (κ3) is 1.53. The van der Waals surface area contributed by atoms with Crippen molar-refractivity contribution in [2.45, 2.75) is 51.0 Å². The Labute approximate surface area is 81.8 Å². The van der Waals surface area contributed by atoms with Crippen LogP contribution in [0.5, 0.6) is 0 Å². The average molecular weight is 180 g/mol. The minimum atomic E-state index is 0.394. The van der Waals surface area contributed by atoms with Crippen molar-refractivity contribution in [1.82, 2.24) is 0 Å². The highest BCUT2D eigenvalue weighted by molar-refractivity contribution is 5.15. The maximum Gasteiger partial charge on any atom is 0.159 e. The zero-order valence-electron chi connectivity index (χ0n) is 9.05. The van der Waals surface area contributed by atoms with Gasteiger partial charge >= 0.3 is 0 Å². The molecule has 2 aliphatic carbocycles. The zero-order valence-corrected chi connectivity index (χ0v) is 9.05. The summed E-state index contributed by atoms with van der Waals surface area (Å²) in [5.74, 6) is 2.08. The van der Waals surface area contributed by atoms with Crippen LogP contribution in [0.4, 0.5) is 0 Å². The zero-order chi connectivity index (χ0) is 9.47. The summed E-state index contributed by atoms with van der Waals surface area (Å²) in [6, 6.07) is 0. The number of hydrogen-bond acceptors (Lipinski definition) is 0. The lowest BCUT2D eigenvalue weighted by molar-refractivity contribution is -0.579. The molecule has 0 amide bonds. The first kappa shape index (κ1) is 9.23. The maximum atomic E-state index is 4.08. The van der Waals surface area contributed by atoms with E-state index in [1.807, 2.05) is 0 Å². The van der Waals surface area contributed by atoms with Gasteiger partial charge in [-0.05, 0) is 24.7 Å². The van der Waals surface area contributed by atoms with Crippen LogP contribution in [0.1, 0.15) is 45.4 Å². The lowest BCUT2D eigenvalue weighted by Crippen LogP contribution is -2.42. The van der Waals surface area contributed by atoms with E-state index in [2.05, 4.69) is 25.3 Å². The van der Waals surface area contributed by atoms with E-state index in [0.717, 1.165) is 11.8 Å². The molecule has 2 fully saturated rings. The molecular weight excluding hydrogens is 158 g/mol. The first-order valence-corrected chi connectivity index (χ1v) is 5.66. The Bertz CT molecular complexity index is 221. The Morgan fingerprint density at radius 2 is 1.92 bits per heavy atom. The minimum Gasteiger partial charge on any atom is -0.240 e. The lowest BCUT2D eigenvalue weighted by atomic mass is 9.72. The fourth-order valence-corrected chi connectivity index (χ4v) is 3.27. The van der Waals surface area contributed by atoms with Gasteiger partial charge in [-0.25, -0.2) is 4.58 Å². The normalized spacial score (nSPS) is 44.5. The summed E-state index contributed by atoms with van der Waals surface area (Å²) in [6.45, 7) is 6.46. The molecule has 13 heavy (non-hydrogen) atoms. The molecule has 0 heterocycles. The summed E-state index contributed by atoms with van der Waals surface area (Å²) in [7, 11) is 2.13. The Morgan fingerprint density at radius 3 is 2.62 bits per heavy atom. The van der Waals surface area contributed by atoms with E-state index in [9.17, 15) is 0 Å². The topological polar surface area (TPSA) is 3.01 Å². The molecule has 0 N–H and O–H groups in total. The summed E-state index contributed by atoms with van der Waals surface area (Å²) in [5, 5.41) is 0. The maximum absolute atomic E-state index is 4.08. The Balaban J connectivity index is 2.08. The van der Waals surface area contributed by atoms with Crippen LogP contribution < -0.4 is 0 Å². The van der Waals surface area contributed by atoms with Gasteiger partial charge in [0.25, 0.3) is 0 Å². The summed E-state index contributed by atoms with van der Waals surface area (Å²) in [6.07, 6.45) is 8.65. The van der Waals surface area contributed by atoms with Crippen molar-refractivity contribution in [3.05, 3.63) is 0 Å². The number of fused-ring (bicyclic) bond motifs is 1. The van der Waals surface area contributed by atoms with Crippen LogP contribution in [0.2, 0.25) is 0 Å². The molecule has 0 bridgehead atoms. The number of nitrogens with zero attached hydrogens (tertiary/aromatic N) is 1. The van der Waals surface area contributed by atoms with Gasteiger partial charge in [0.2, 0.25) is 0 Å². The van der Waals surface area contributed by atoms with Crippen molar-refractivity contribution < 1.29 is 4.58 Å². The summed E-state index contributed by atoms with van der Waals surface area (Å²) < 4.78 is 2.20. The molecular formula is C12H22N+. The highest BCUT2D eigenvalue weighted by atomic mass is 15.0. The molecule has 74 valence electrons. The van der Waals surface area contributed by atoms with Crippen LogP contribution >= 0.6 is 0 Å². The molecule has 3 unspecified atom stereocenters. The molecule has 0 aromatic carbocycles. The SMILES string of the molecule is C=[N+](C)C1(C)CCC2CCCC2C1. The first-order chi connectivity index (χ1) is 6.12. The van der Waals surface area contributed by atoms with Crippen molar-refractivity contribution in [3.63, 3.8) is 0 Å². The predicted molar refractivity (Wildman–Crippen MR) is 56.4 cm³/mol. The van der Waals surface area contributed by atoms with Crippen LogP contribution in [0, 0.1) is 11.8 Å². The van der Waals surface area contributed by atoms with E-state index >= 15 is 0 Å². The van der Waals surface area contributed by atoms with Crippen molar-refractivity contribution >= 4 is 6.72 Å². The summed E-state index contributed by atoms with van der Waals surface area (Å²) in [4.78, 5) is 0. The highest BCUT2D eigenvalue weighted by Gasteiger charge is 2.44. The highest BCUT2D eigenvalue weighted by Crippen LogP contribution is 2.46. The number of hydrogen-bond donors (Lipinski definition) is 0. The van der Waals surface area contributed by atoms with Crippen LogP contribution in [0.15, 0.2) is 0 Å².